The van der Waals surface area contributed by atoms with Crippen LogP contribution in [-0.2, 0) is 0 Å². The zero-order valence-corrected chi connectivity index (χ0v) is 15.1. The lowest BCUT2D eigenvalue weighted by Gasteiger charge is -2.11. The fourth-order valence-electron chi connectivity index (χ4n) is 3.15. The van der Waals surface area contributed by atoms with Crippen LogP contribution in [0.3, 0.4) is 0 Å². The van der Waals surface area contributed by atoms with Crippen LogP contribution in [0.2, 0.25) is 0 Å². The number of benzene rings is 2. The fourth-order valence-corrected chi connectivity index (χ4v) is 3.15. The van der Waals surface area contributed by atoms with Crippen molar-refractivity contribution < 1.29 is 4.79 Å². The number of nitrogens with one attached hydrogen (secondary N) is 1. The maximum Gasteiger partial charge on any atom is 0.163 e. The van der Waals surface area contributed by atoms with E-state index >= 15 is 0 Å². The van der Waals surface area contributed by atoms with Crippen LogP contribution in [0.25, 0.3) is 33.4 Å². The minimum Gasteiger partial charge on any atom is -0.373 e. The molecule has 0 fully saturated rings. The minimum absolute atomic E-state index is 0.0442. The molecular weight excluding hydrogens is 336 g/mol. The Labute approximate surface area is 157 Å². The molecule has 4 rings (SSSR count). The third kappa shape index (κ3) is 3.15. The maximum atomic E-state index is 12.0. The Morgan fingerprint density at radius 3 is 2.56 bits per heavy atom. The van der Waals surface area contributed by atoms with Crippen LogP contribution in [-0.4, -0.2) is 27.8 Å². The van der Waals surface area contributed by atoms with Crippen molar-refractivity contribution in [2.45, 2.75) is 6.92 Å². The summed E-state index contributed by atoms with van der Waals surface area (Å²) >= 11 is 0. The van der Waals surface area contributed by atoms with E-state index in [2.05, 4.69) is 20.3 Å². The highest BCUT2D eigenvalue weighted by atomic mass is 16.1. The number of carbonyl (C=O) groups is 1. The molecule has 0 aliphatic rings. The van der Waals surface area contributed by atoms with E-state index in [1.807, 2.05) is 61.6 Å². The number of hydrogen-bond acceptors (Lipinski definition) is 5. The fraction of sp³-hybridized carbons (Fsp3) is 0.0909. The van der Waals surface area contributed by atoms with Gasteiger partial charge in [-0.05, 0) is 42.3 Å². The average molecular weight is 354 g/mol. The molecule has 132 valence electrons. The zero-order valence-electron chi connectivity index (χ0n) is 15.1. The predicted molar refractivity (Wildman–Crippen MR) is 108 cm³/mol. The molecule has 5 nitrogen and oxygen atoms in total. The van der Waals surface area contributed by atoms with Crippen molar-refractivity contribution in [1.29, 1.82) is 0 Å². The van der Waals surface area contributed by atoms with Gasteiger partial charge < -0.3 is 5.32 Å². The molecule has 0 saturated carbocycles. The van der Waals surface area contributed by atoms with Gasteiger partial charge in [0.05, 0.1) is 5.52 Å². The van der Waals surface area contributed by atoms with Gasteiger partial charge in [-0.15, -0.1) is 0 Å². The number of nitrogens with zero attached hydrogens (tertiary/aromatic N) is 3. The summed E-state index contributed by atoms with van der Waals surface area (Å²) in [5.41, 5.74) is 4.27. The Bertz CT molecular complexity index is 1140. The molecule has 0 bridgehead atoms. The number of anilines is 1. The molecule has 2 aromatic carbocycles. The molecule has 2 aromatic heterocycles. The number of fused-ring (bicyclic) bond motifs is 1. The molecule has 0 aliphatic carbocycles. The highest BCUT2D eigenvalue weighted by Gasteiger charge is 2.13. The second kappa shape index (κ2) is 6.96. The van der Waals surface area contributed by atoms with Crippen LogP contribution in [0.4, 0.5) is 5.82 Å². The molecule has 0 spiro atoms. The lowest BCUT2D eigenvalue weighted by molar-refractivity contribution is 0.101. The first kappa shape index (κ1) is 16.8. The quantitative estimate of drug-likeness (QED) is 0.542. The van der Waals surface area contributed by atoms with Crippen LogP contribution < -0.4 is 5.32 Å². The standard InChI is InChI=1S/C22H18N4O/c1-14(27)17-7-3-4-8-18(17)15-9-10-20-19(12-15)22(23-2)26-21(25-20)16-6-5-11-24-13-16/h3-13H,1-2H3,(H,23,25,26). The first-order valence-corrected chi connectivity index (χ1v) is 8.67. The van der Waals surface area contributed by atoms with Crippen LogP contribution in [0, 0.1) is 0 Å². The topological polar surface area (TPSA) is 67.8 Å². The number of Topliss-reactive ketones (excluding diaryl/α,β-unsaturated/α-hetero) is 1. The molecule has 0 saturated heterocycles. The maximum absolute atomic E-state index is 12.0. The summed E-state index contributed by atoms with van der Waals surface area (Å²) in [5, 5.41) is 4.06. The van der Waals surface area contributed by atoms with E-state index < -0.39 is 0 Å². The largest absolute Gasteiger partial charge is 0.373 e. The minimum atomic E-state index is 0.0442. The lowest BCUT2D eigenvalue weighted by atomic mass is 9.96. The Hall–Kier alpha value is -3.60. The van der Waals surface area contributed by atoms with Crippen molar-refractivity contribution in [2.75, 3.05) is 12.4 Å². The number of rotatable bonds is 4. The molecule has 0 atom stereocenters. The van der Waals surface area contributed by atoms with Gasteiger partial charge in [0.25, 0.3) is 0 Å². The summed E-state index contributed by atoms with van der Waals surface area (Å²) < 4.78 is 0. The van der Waals surface area contributed by atoms with Crippen molar-refractivity contribution in [3.05, 3.63) is 72.6 Å². The number of aromatic nitrogens is 3. The Morgan fingerprint density at radius 1 is 0.963 bits per heavy atom. The second-order valence-electron chi connectivity index (χ2n) is 6.22. The Balaban J connectivity index is 1.90. The summed E-state index contributed by atoms with van der Waals surface area (Å²) in [6.07, 6.45) is 3.47. The van der Waals surface area contributed by atoms with E-state index in [4.69, 9.17) is 0 Å². The first-order valence-electron chi connectivity index (χ1n) is 8.67. The average Bonchev–Trinajstić information content (AvgIpc) is 2.73. The summed E-state index contributed by atoms with van der Waals surface area (Å²) in [7, 11) is 1.84. The van der Waals surface area contributed by atoms with E-state index in [1.54, 1.807) is 19.3 Å². The van der Waals surface area contributed by atoms with Gasteiger partial charge >= 0.3 is 0 Å². The van der Waals surface area contributed by atoms with E-state index in [9.17, 15) is 4.79 Å². The summed E-state index contributed by atoms with van der Waals surface area (Å²) in [6, 6.07) is 17.4. The summed E-state index contributed by atoms with van der Waals surface area (Å²) in [6.45, 7) is 1.59. The van der Waals surface area contributed by atoms with Gasteiger partial charge in [0.15, 0.2) is 11.6 Å². The van der Waals surface area contributed by atoms with Crippen LogP contribution in [0.5, 0.6) is 0 Å². The van der Waals surface area contributed by atoms with Gasteiger partial charge in [-0.1, -0.05) is 30.3 Å². The third-order valence-electron chi connectivity index (χ3n) is 4.47. The van der Waals surface area contributed by atoms with E-state index in [-0.39, 0.29) is 5.78 Å². The van der Waals surface area contributed by atoms with Gasteiger partial charge in [-0.2, -0.15) is 0 Å². The smallest absolute Gasteiger partial charge is 0.163 e. The van der Waals surface area contributed by atoms with Gasteiger partial charge in [-0.25, -0.2) is 9.97 Å². The van der Waals surface area contributed by atoms with Crippen LogP contribution in [0.1, 0.15) is 17.3 Å². The Morgan fingerprint density at radius 2 is 1.81 bits per heavy atom. The molecular formula is C22H18N4O. The van der Waals surface area contributed by atoms with Crippen molar-refractivity contribution >= 4 is 22.5 Å². The van der Waals surface area contributed by atoms with Crippen molar-refractivity contribution in [3.8, 4) is 22.5 Å². The van der Waals surface area contributed by atoms with Crippen LogP contribution >= 0.6 is 0 Å². The monoisotopic (exact) mass is 354 g/mol. The molecule has 5 heteroatoms. The number of pyridine rings is 1. The molecule has 0 radical (unpaired) electrons. The van der Waals surface area contributed by atoms with Gasteiger partial charge in [0.1, 0.15) is 5.82 Å². The molecule has 0 aliphatic heterocycles. The van der Waals surface area contributed by atoms with Gasteiger partial charge in [-0.3, -0.25) is 9.78 Å². The number of carbonyl (C=O) groups excluding carboxylic acids is 1. The molecule has 27 heavy (non-hydrogen) atoms. The molecule has 4 aromatic rings. The lowest BCUT2D eigenvalue weighted by Crippen LogP contribution is -2.00. The number of ketones is 1. The van der Waals surface area contributed by atoms with E-state index in [0.717, 1.165) is 33.4 Å². The zero-order chi connectivity index (χ0) is 18.8. The highest BCUT2D eigenvalue weighted by Crippen LogP contribution is 2.31. The second-order valence-corrected chi connectivity index (χ2v) is 6.22. The van der Waals surface area contributed by atoms with Crippen molar-refractivity contribution in [2.24, 2.45) is 0 Å². The molecule has 0 unspecified atom stereocenters. The van der Waals surface area contributed by atoms with Gasteiger partial charge in [0, 0.05) is 36.0 Å². The molecule has 0 amide bonds. The number of hydrogen-bond donors (Lipinski definition) is 1. The highest BCUT2D eigenvalue weighted by molar-refractivity contribution is 6.02. The van der Waals surface area contributed by atoms with Crippen molar-refractivity contribution in [3.63, 3.8) is 0 Å². The van der Waals surface area contributed by atoms with Crippen molar-refractivity contribution in [1.82, 2.24) is 15.0 Å². The third-order valence-corrected chi connectivity index (χ3v) is 4.47. The van der Waals surface area contributed by atoms with E-state index in [0.29, 0.717) is 11.4 Å². The predicted octanol–water partition coefficient (Wildman–Crippen LogP) is 4.60. The first-order chi connectivity index (χ1) is 13.2. The summed E-state index contributed by atoms with van der Waals surface area (Å²) in [5.74, 6) is 1.40. The molecule has 1 N–H and O–H groups in total. The summed E-state index contributed by atoms with van der Waals surface area (Å²) in [4.78, 5) is 25.5. The SMILES string of the molecule is CNc1nc(-c2cccnc2)nc2ccc(-c3ccccc3C(C)=O)cc12. The van der Waals surface area contributed by atoms with Crippen LogP contribution in [0.15, 0.2) is 67.0 Å². The molecule has 2 heterocycles. The Kier molecular flexibility index (Phi) is 4.34. The normalized spacial score (nSPS) is 10.7. The van der Waals surface area contributed by atoms with E-state index in [1.165, 1.54) is 0 Å². The van der Waals surface area contributed by atoms with Gasteiger partial charge in [0.2, 0.25) is 0 Å².